The van der Waals surface area contributed by atoms with E-state index in [9.17, 15) is 9.59 Å². The summed E-state index contributed by atoms with van der Waals surface area (Å²) in [5.41, 5.74) is -0.686. The van der Waals surface area contributed by atoms with Crippen LogP contribution in [0.1, 0.15) is 25.7 Å². The quantitative estimate of drug-likeness (QED) is 0.591. The molecule has 1 heterocycles. The average Bonchev–Trinajstić information content (AvgIpc) is 2.42. The van der Waals surface area contributed by atoms with Crippen LogP contribution in [-0.4, -0.2) is 24.5 Å². The molecular weight excluding hydrogens is 170 g/mol. The molecule has 1 N–H and O–H groups in total. The van der Waals surface area contributed by atoms with Gasteiger partial charge in [-0.1, -0.05) is 0 Å². The average molecular weight is 183 g/mol. The number of esters is 1. The molecule has 2 fully saturated rings. The largest absolute Gasteiger partial charge is 0.467 e. The van der Waals surface area contributed by atoms with Crippen molar-refractivity contribution in [2.45, 2.75) is 31.2 Å². The second-order valence-electron chi connectivity index (χ2n) is 3.93. The Labute approximate surface area is 76.6 Å². The second kappa shape index (κ2) is 2.72. The Balaban J connectivity index is 2.22. The molecule has 1 saturated heterocycles. The normalized spacial score (nSPS) is 37.0. The topological polar surface area (TPSA) is 55.4 Å². The van der Waals surface area contributed by atoms with Gasteiger partial charge < -0.3 is 10.1 Å². The molecule has 0 radical (unpaired) electrons. The number of methoxy groups -OCH3 is 1. The highest BCUT2D eigenvalue weighted by Gasteiger charge is 2.50. The summed E-state index contributed by atoms with van der Waals surface area (Å²) in [6.07, 6.45) is 3.01. The SMILES string of the molecule is COC(=O)C12CCC(CC(=O)N1)C2. The predicted octanol–water partition coefficient (Wildman–Crippen LogP) is 0.218. The predicted molar refractivity (Wildman–Crippen MR) is 44.8 cm³/mol. The highest BCUT2D eigenvalue weighted by molar-refractivity contribution is 5.90. The van der Waals surface area contributed by atoms with E-state index in [1.165, 1.54) is 7.11 Å². The van der Waals surface area contributed by atoms with E-state index in [0.717, 1.165) is 19.3 Å². The minimum Gasteiger partial charge on any atom is -0.467 e. The van der Waals surface area contributed by atoms with E-state index in [0.29, 0.717) is 12.3 Å². The third kappa shape index (κ3) is 1.20. The lowest BCUT2D eigenvalue weighted by atomic mass is 9.90. The third-order valence-electron chi connectivity index (χ3n) is 3.05. The number of rotatable bonds is 1. The molecule has 4 nitrogen and oxygen atoms in total. The van der Waals surface area contributed by atoms with Gasteiger partial charge in [-0.25, -0.2) is 4.79 Å². The van der Waals surface area contributed by atoms with Crippen LogP contribution in [0.5, 0.6) is 0 Å². The number of piperidine rings is 1. The number of fused-ring (bicyclic) bond motifs is 2. The van der Waals surface area contributed by atoms with E-state index < -0.39 is 5.54 Å². The van der Waals surface area contributed by atoms with Gasteiger partial charge in [0.15, 0.2) is 0 Å². The van der Waals surface area contributed by atoms with Crippen LogP contribution in [-0.2, 0) is 14.3 Å². The summed E-state index contributed by atoms with van der Waals surface area (Å²) >= 11 is 0. The Bertz CT molecular complexity index is 264. The molecule has 1 aliphatic carbocycles. The van der Waals surface area contributed by atoms with E-state index in [-0.39, 0.29) is 11.9 Å². The van der Waals surface area contributed by atoms with Gasteiger partial charge in [0.1, 0.15) is 5.54 Å². The third-order valence-corrected chi connectivity index (χ3v) is 3.05. The van der Waals surface area contributed by atoms with Crippen molar-refractivity contribution in [3.63, 3.8) is 0 Å². The van der Waals surface area contributed by atoms with Gasteiger partial charge in [0.2, 0.25) is 5.91 Å². The Kier molecular flexibility index (Phi) is 1.78. The first-order valence-electron chi connectivity index (χ1n) is 4.56. The number of carbonyl (C=O) groups is 2. The zero-order chi connectivity index (χ0) is 9.47. The lowest BCUT2D eigenvalue weighted by Gasteiger charge is -2.31. The van der Waals surface area contributed by atoms with Gasteiger partial charge in [0.05, 0.1) is 7.11 Å². The van der Waals surface area contributed by atoms with Crippen molar-refractivity contribution < 1.29 is 14.3 Å². The van der Waals surface area contributed by atoms with Gasteiger partial charge in [-0.05, 0) is 25.2 Å². The maximum Gasteiger partial charge on any atom is 0.331 e. The second-order valence-corrected chi connectivity index (χ2v) is 3.93. The van der Waals surface area contributed by atoms with E-state index in [4.69, 9.17) is 4.74 Å². The molecule has 0 aromatic heterocycles. The zero-order valence-corrected chi connectivity index (χ0v) is 7.63. The van der Waals surface area contributed by atoms with E-state index in [1.54, 1.807) is 0 Å². The summed E-state index contributed by atoms with van der Waals surface area (Å²) in [6.45, 7) is 0. The van der Waals surface area contributed by atoms with Crippen molar-refractivity contribution in [2.24, 2.45) is 5.92 Å². The van der Waals surface area contributed by atoms with Crippen LogP contribution in [0.3, 0.4) is 0 Å². The van der Waals surface area contributed by atoms with Crippen LogP contribution in [0.2, 0.25) is 0 Å². The van der Waals surface area contributed by atoms with Gasteiger partial charge in [-0.2, -0.15) is 0 Å². The van der Waals surface area contributed by atoms with Crippen molar-refractivity contribution >= 4 is 11.9 Å². The van der Waals surface area contributed by atoms with Crippen LogP contribution in [0, 0.1) is 5.92 Å². The highest BCUT2D eigenvalue weighted by Crippen LogP contribution is 2.40. The molecule has 2 rings (SSSR count). The number of nitrogens with one attached hydrogen (secondary N) is 1. The van der Waals surface area contributed by atoms with Gasteiger partial charge >= 0.3 is 5.97 Å². The summed E-state index contributed by atoms with van der Waals surface area (Å²) < 4.78 is 4.71. The van der Waals surface area contributed by atoms with Crippen molar-refractivity contribution in [2.75, 3.05) is 7.11 Å². The van der Waals surface area contributed by atoms with E-state index in [2.05, 4.69) is 5.32 Å². The van der Waals surface area contributed by atoms with Crippen LogP contribution >= 0.6 is 0 Å². The monoisotopic (exact) mass is 183 g/mol. The zero-order valence-electron chi connectivity index (χ0n) is 7.63. The molecule has 0 aromatic carbocycles. The number of carbonyl (C=O) groups excluding carboxylic acids is 2. The van der Waals surface area contributed by atoms with E-state index in [1.807, 2.05) is 0 Å². The minimum atomic E-state index is -0.686. The molecule has 2 atom stereocenters. The Morgan fingerprint density at radius 1 is 1.69 bits per heavy atom. The fraction of sp³-hybridized carbons (Fsp3) is 0.778. The first-order chi connectivity index (χ1) is 6.16. The molecule has 2 bridgehead atoms. The molecule has 1 saturated carbocycles. The van der Waals surface area contributed by atoms with Crippen molar-refractivity contribution in [1.82, 2.24) is 5.32 Å². The number of hydrogen-bond acceptors (Lipinski definition) is 3. The number of hydrogen-bond donors (Lipinski definition) is 1. The van der Waals surface area contributed by atoms with Crippen molar-refractivity contribution in [3.8, 4) is 0 Å². The molecule has 13 heavy (non-hydrogen) atoms. The lowest BCUT2D eigenvalue weighted by Crippen LogP contribution is -2.55. The van der Waals surface area contributed by atoms with Crippen molar-refractivity contribution in [1.29, 1.82) is 0 Å². The summed E-state index contributed by atoms with van der Waals surface area (Å²) in [4.78, 5) is 22.7. The summed E-state index contributed by atoms with van der Waals surface area (Å²) in [5, 5.41) is 2.76. The molecule has 72 valence electrons. The fourth-order valence-corrected chi connectivity index (χ4v) is 2.45. The van der Waals surface area contributed by atoms with Crippen LogP contribution < -0.4 is 5.32 Å². The Morgan fingerprint density at radius 2 is 2.46 bits per heavy atom. The summed E-state index contributed by atoms with van der Waals surface area (Å²) in [5.74, 6) is 0.0788. The smallest absolute Gasteiger partial charge is 0.331 e. The van der Waals surface area contributed by atoms with Gasteiger partial charge in [0, 0.05) is 6.42 Å². The standard InChI is InChI=1S/C9H13NO3/c1-13-8(12)9-3-2-6(5-9)4-7(11)10-9/h6H,2-5H2,1H3,(H,10,11). The number of amides is 1. The fourth-order valence-electron chi connectivity index (χ4n) is 2.45. The maximum absolute atomic E-state index is 11.5. The Morgan fingerprint density at radius 3 is 3.15 bits per heavy atom. The Hall–Kier alpha value is -1.06. The molecule has 2 aliphatic rings. The molecule has 1 amide bonds. The first-order valence-corrected chi connectivity index (χ1v) is 4.56. The summed E-state index contributed by atoms with van der Waals surface area (Å²) in [7, 11) is 1.37. The maximum atomic E-state index is 11.5. The van der Waals surface area contributed by atoms with Crippen LogP contribution in [0.15, 0.2) is 0 Å². The van der Waals surface area contributed by atoms with E-state index >= 15 is 0 Å². The number of ether oxygens (including phenoxy) is 1. The molecule has 2 unspecified atom stereocenters. The van der Waals surface area contributed by atoms with Gasteiger partial charge in [0.25, 0.3) is 0 Å². The molecule has 1 aliphatic heterocycles. The van der Waals surface area contributed by atoms with Crippen molar-refractivity contribution in [3.05, 3.63) is 0 Å². The lowest BCUT2D eigenvalue weighted by molar-refractivity contribution is -0.152. The molecule has 4 heteroatoms. The summed E-state index contributed by atoms with van der Waals surface area (Å²) in [6, 6.07) is 0. The minimum absolute atomic E-state index is 0.0147. The van der Waals surface area contributed by atoms with Crippen LogP contribution in [0.25, 0.3) is 0 Å². The first kappa shape index (κ1) is 8.53. The molecule has 0 aromatic rings. The van der Waals surface area contributed by atoms with Crippen LogP contribution in [0.4, 0.5) is 0 Å². The highest BCUT2D eigenvalue weighted by atomic mass is 16.5. The molecule has 0 spiro atoms. The molecular formula is C9H13NO3. The van der Waals surface area contributed by atoms with Gasteiger partial charge in [-0.3, -0.25) is 4.79 Å². The van der Waals surface area contributed by atoms with Gasteiger partial charge in [-0.15, -0.1) is 0 Å².